The van der Waals surface area contributed by atoms with Gasteiger partial charge in [0, 0.05) is 0 Å². The van der Waals surface area contributed by atoms with Gasteiger partial charge >= 0.3 is 6.03 Å². The highest BCUT2D eigenvalue weighted by Crippen LogP contribution is 2.16. The molecule has 1 rings (SSSR count). The minimum atomic E-state index is -0.833. The number of amides is 2. The third-order valence-corrected chi connectivity index (χ3v) is 0.937. The third kappa shape index (κ3) is 4.92. The fourth-order valence-corrected chi connectivity index (χ4v) is 0.488. The molecule has 2 amide bonds. The molecule has 0 saturated carbocycles. The molecule has 66 valence electrons. The van der Waals surface area contributed by atoms with Crippen molar-refractivity contribution in [3.05, 3.63) is 24.3 Å². The van der Waals surface area contributed by atoms with Crippen molar-refractivity contribution in [2.24, 2.45) is 11.5 Å². The summed E-state index contributed by atoms with van der Waals surface area (Å²) in [6.45, 7) is 0. The average Bonchev–Trinajstić information content (AvgIpc) is 1.94. The molecule has 0 aromatic heterocycles. The van der Waals surface area contributed by atoms with Gasteiger partial charge in [0.15, 0.2) is 0 Å². The summed E-state index contributed by atoms with van der Waals surface area (Å²) in [6, 6.07) is 5.87. The number of carbonyl (C=O) groups is 1. The number of para-hydroxylation sites is 2. The summed E-state index contributed by atoms with van der Waals surface area (Å²) in [4.78, 5) is 9.00. The van der Waals surface area contributed by atoms with Crippen LogP contribution >= 0.6 is 0 Å². The van der Waals surface area contributed by atoms with Gasteiger partial charge in [-0.25, -0.2) is 4.79 Å². The number of aromatic hydroxyl groups is 1. The summed E-state index contributed by atoms with van der Waals surface area (Å²) in [5.74, 6) is 0.146. The molecule has 0 unspecified atom stereocenters. The third-order valence-electron chi connectivity index (χ3n) is 0.937. The summed E-state index contributed by atoms with van der Waals surface area (Å²) >= 11 is 0. The Labute approximate surface area is 69.8 Å². The first kappa shape index (κ1) is 10.1. The number of anilines is 1. The van der Waals surface area contributed by atoms with Gasteiger partial charge in [0.05, 0.1) is 5.69 Å². The molecule has 0 fully saturated rings. The molecule has 0 aliphatic heterocycles. The topological polar surface area (TPSA) is 115 Å². The van der Waals surface area contributed by atoms with Crippen molar-refractivity contribution in [2.45, 2.75) is 0 Å². The van der Waals surface area contributed by atoms with E-state index in [-0.39, 0.29) is 5.75 Å². The number of primary amides is 2. The Morgan fingerprint density at radius 2 is 1.67 bits per heavy atom. The van der Waals surface area contributed by atoms with Gasteiger partial charge in [-0.15, -0.1) is 0 Å². The van der Waals surface area contributed by atoms with Crippen LogP contribution < -0.4 is 17.2 Å². The van der Waals surface area contributed by atoms with E-state index in [9.17, 15) is 0 Å². The van der Waals surface area contributed by atoms with Crippen LogP contribution in [0.5, 0.6) is 5.75 Å². The summed E-state index contributed by atoms with van der Waals surface area (Å²) in [6.07, 6.45) is 0. The maximum absolute atomic E-state index is 9.00. The van der Waals surface area contributed by atoms with Crippen LogP contribution in [0, 0.1) is 0 Å². The molecule has 0 aliphatic rings. The molecule has 5 nitrogen and oxygen atoms in total. The number of hydrogen-bond acceptors (Lipinski definition) is 3. The van der Waals surface area contributed by atoms with E-state index in [1.807, 2.05) is 0 Å². The molecular formula is C7H11N3O2. The molecule has 1 aromatic rings. The van der Waals surface area contributed by atoms with Gasteiger partial charge in [-0.1, -0.05) is 12.1 Å². The Morgan fingerprint density at radius 1 is 1.25 bits per heavy atom. The molecule has 1 aromatic carbocycles. The second kappa shape index (κ2) is 4.84. The number of nitrogens with two attached hydrogens (primary N) is 3. The molecule has 0 aliphatic carbocycles. The van der Waals surface area contributed by atoms with E-state index >= 15 is 0 Å². The lowest BCUT2D eigenvalue weighted by Gasteiger charge is -1.92. The molecule has 5 heteroatoms. The van der Waals surface area contributed by atoms with Gasteiger partial charge in [-0.05, 0) is 12.1 Å². The zero-order valence-electron chi connectivity index (χ0n) is 6.40. The van der Waals surface area contributed by atoms with E-state index in [1.54, 1.807) is 24.3 Å². The van der Waals surface area contributed by atoms with Gasteiger partial charge < -0.3 is 22.3 Å². The highest BCUT2D eigenvalue weighted by molar-refractivity contribution is 5.69. The van der Waals surface area contributed by atoms with Crippen LogP contribution in [0.15, 0.2) is 24.3 Å². The first-order valence-corrected chi connectivity index (χ1v) is 3.12. The summed E-state index contributed by atoms with van der Waals surface area (Å²) in [7, 11) is 0. The number of hydrogen-bond donors (Lipinski definition) is 4. The number of carbonyl (C=O) groups excluding carboxylic acids is 1. The minimum absolute atomic E-state index is 0.146. The van der Waals surface area contributed by atoms with Crippen molar-refractivity contribution in [3.8, 4) is 5.75 Å². The summed E-state index contributed by atoms with van der Waals surface area (Å²) in [5, 5.41) is 8.79. The Balaban J connectivity index is 0.000000261. The van der Waals surface area contributed by atoms with Crippen molar-refractivity contribution in [2.75, 3.05) is 5.73 Å². The Bertz CT molecular complexity index is 238. The predicted octanol–water partition coefficient (Wildman–Crippen LogP) is -0.00180. The number of phenols is 1. The van der Waals surface area contributed by atoms with E-state index in [4.69, 9.17) is 15.6 Å². The Hall–Kier alpha value is -1.91. The molecular weight excluding hydrogens is 158 g/mol. The zero-order valence-corrected chi connectivity index (χ0v) is 6.40. The van der Waals surface area contributed by atoms with Crippen molar-refractivity contribution >= 4 is 11.7 Å². The Morgan fingerprint density at radius 3 is 1.92 bits per heavy atom. The highest BCUT2D eigenvalue weighted by Gasteiger charge is 1.87. The smallest absolute Gasteiger partial charge is 0.309 e. The molecule has 0 radical (unpaired) electrons. The summed E-state index contributed by atoms with van der Waals surface area (Å²) in [5.41, 5.74) is 14.2. The van der Waals surface area contributed by atoms with Crippen molar-refractivity contribution in [1.82, 2.24) is 0 Å². The van der Waals surface area contributed by atoms with Crippen molar-refractivity contribution in [3.63, 3.8) is 0 Å². The first-order chi connectivity index (χ1) is 5.54. The monoisotopic (exact) mass is 169 g/mol. The standard InChI is InChI=1S/C6H7NO.CH4N2O/c7-5-3-1-2-4-6(5)8;2-1(3)4/h1-4,8H,7H2;(H4,2,3,4). The number of nitrogen functional groups attached to an aromatic ring is 1. The second-order valence-electron chi connectivity index (χ2n) is 1.96. The van der Waals surface area contributed by atoms with Gasteiger partial charge in [0.1, 0.15) is 5.75 Å². The van der Waals surface area contributed by atoms with E-state index in [0.717, 1.165) is 0 Å². The van der Waals surface area contributed by atoms with Crippen molar-refractivity contribution in [1.29, 1.82) is 0 Å². The Kier molecular flexibility index (Phi) is 4.07. The van der Waals surface area contributed by atoms with E-state index in [0.29, 0.717) is 5.69 Å². The average molecular weight is 169 g/mol. The van der Waals surface area contributed by atoms with Gasteiger partial charge in [0.25, 0.3) is 0 Å². The summed E-state index contributed by atoms with van der Waals surface area (Å²) < 4.78 is 0. The van der Waals surface area contributed by atoms with Crippen LogP contribution in [-0.2, 0) is 0 Å². The van der Waals surface area contributed by atoms with E-state index in [1.165, 1.54) is 0 Å². The molecule has 0 atom stereocenters. The van der Waals surface area contributed by atoms with Gasteiger partial charge in [0.2, 0.25) is 0 Å². The number of rotatable bonds is 0. The lowest BCUT2D eigenvalue weighted by Crippen LogP contribution is -2.18. The van der Waals surface area contributed by atoms with Crippen LogP contribution in [0.4, 0.5) is 10.5 Å². The number of phenolic OH excluding ortho intramolecular Hbond substituents is 1. The lowest BCUT2D eigenvalue weighted by atomic mass is 10.3. The van der Waals surface area contributed by atoms with Gasteiger partial charge in [-0.2, -0.15) is 0 Å². The molecule has 0 bridgehead atoms. The normalized spacial score (nSPS) is 8.00. The van der Waals surface area contributed by atoms with Crippen molar-refractivity contribution < 1.29 is 9.90 Å². The maximum Gasteiger partial charge on any atom is 0.309 e. The maximum atomic E-state index is 9.00. The fraction of sp³-hybridized carbons (Fsp3) is 0. The number of benzene rings is 1. The van der Waals surface area contributed by atoms with Crippen LogP contribution in [0.3, 0.4) is 0 Å². The number of urea groups is 1. The molecule has 0 spiro atoms. The molecule has 0 heterocycles. The zero-order chi connectivity index (χ0) is 9.56. The molecule has 0 saturated heterocycles. The highest BCUT2D eigenvalue weighted by atomic mass is 16.3. The van der Waals surface area contributed by atoms with Crippen LogP contribution in [0.1, 0.15) is 0 Å². The quantitative estimate of drug-likeness (QED) is 0.323. The molecule has 12 heavy (non-hydrogen) atoms. The predicted molar refractivity (Wildman–Crippen MR) is 46.3 cm³/mol. The van der Waals surface area contributed by atoms with E-state index in [2.05, 4.69) is 11.5 Å². The minimum Gasteiger partial charge on any atom is -0.506 e. The van der Waals surface area contributed by atoms with Gasteiger partial charge in [-0.3, -0.25) is 0 Å². The molecule has 7 N–H and O–H groups in total. The van der Waals surface area contributed by atoms with Crippen LogP contribution in [0.2, 0.25) is 0 Å². The SMILES string of the molecule is NC(N)=O.Nc1ccccc1O. The first-order valence-electron chi connectivity index (χ1n) is 3.12. The lowest BCUT2D eigenvalue weighted by molar-refractivity contribution is 0.256. The largest absolute Gasteiger partial charge is 0.506 e. The second-order valence-corrected chi connectivity index (χ2v) is 1.96. The fourth-order valence-electron chi connectivity index (χ4n) is 0.488. The van der Waals surface area contributed by atoms with E-state index < -0.39 is 6.03 Å². The van der Waals surface area contributed by atoms with Crippen LogP contribution in [-0.4, -0.2) is 11.1 Å². The van der Waals surface area contributed by atoms with Crippen LogP contribution in [0.25, 0.3) is 0 Å².